The molecule has 1 aliphatic carbocycles. The Morgan fingerprint density at radius 3 is 1.95 bits per heavy atom. The summed E-state index contributed by atoms with van der Waals surface area (Å²) >= 11 is 0. The predicted molar refractivity (Wildman–Crippen MR) is 72.9 cm³/mol. The highest BCUT2D eigenvalue weighted by Crippen LogP contribution is 2.30. The van der Waals surface area contributed by atoms with Crippen LogP contribution in [0.15, 0.2) is 0 Å². The number of esters is 2. The summed E-state index contributed by atoms with van der Waals surface area (Å²) in [4.78, 5) is 35.9. The molecule has 0 aromatic carbocycles. The maximum Gasteiger partial charge on any atom is 0.320 e. The van der Waals surface area contributed by atoms with Gasteiger partial charge < -0.3 is 9.47 Å². The highest BCUT2D eigenvalue weighted by Gasteiger charge is 2.40. The molecule has 0 heterocycles. The zero-order valence-corrected chi connectivity index (χ0v) is 12.7. The molecule has 0 aliphatic heterocycles. The van der Waals surface area contributed by atoms with Crippen LogP contribution in [0.5, 0.6) is 0 Å². The van der Waals surface area contributed by atoms with Crippen LogP contribution in [0.4, 0.5) is 0 Å². The number of carbonyl (C=O) groups is 3. The standard InChI is InChI=1S/C15H24O5/c1-9(2)19-14(17)13(15(18)20-10(3)4)11-6-5-7-12(16)8-11/h9-11,13H,5-8H2,1-4H3/t11-/m0/s1. The third-order valence-corrected chi connectivity index (χ3v) is 3.20. The summed E-state index contributed by atoms with van der Waals surface area (Å²) < 4.78 is 10.3. The van der Waals surface area contributed by atoms with Crippen LogP contribution in [0.1, 0.15) is 53.4 Å². The van der Waals surface area contributed by atoms with E-state index in [2.05, 4.69) is 0 Å². The van der Waals surface area contributed by atoms with Gasteiger partial charge >= 0.3 is 11.9 Å². The van der Waals surface area contributed by atoms with E-state index in [9.17, 15) is 14.4 Å². The van der Waals surface area contributed by atoms with Crippen LogP contribution in [0.3, 0.4) is 0 Å². The van der Waals surface area contributed by atoms with Crippen LogP contribution >= 0.6 is 0 Å². The smallest absolute Gasteiger partial charge is 0.320 e. The van der Waals surface area contributed by atoms with Gasteiger partial charge in [-0.3, -0.25) is 14.4 Å². The van der Waals surface area contributed by atoms with E-state index in [4.69, 9.17) is 9.47 Å². The SMILES string of the molecule is CC(C)OC(=O)C(C(=O)OC(C)C)[C@H]1CCCC(=O)C1. The molecule has 5 heteroatoms. The summed E-state index contributed by atoms with van der Waals surface area (Å²) in [5.74, 6) is -2.34. The molecule has 0 radical (unpaired) electrons. The third kappa shape index (κ3) is 4.94. The van der Waals surface area contributed by atoms with Crippen molar-refractivity contribution in [3.8, 4) is 0 Å². The maximum atomic E-state index is 12.1. The molecule has 0 bridgehead atoms. The molecule has 1 fully saturated rings. The highest BCUT2D eigenvalue weighted by atomic mass is 16.6. The minimum Gasteiger partial charge on any atom is -0.462 e. The molecule has 1 atom stereocenters. The summed E-state index contributed by atoms with van der Waals surface area (Å²) in [5.41, 5.74) is 0. The van der Waals surface area contributed by atoms with E-state index >= 15 is 0 Å². The topological polar surface area (TPSA) is 69.7 Å². The quantitative estimate of drug-likeness (QED) is 0.572. The summed E-state index contributed by atoms with van der Waals surface area (Å²) in [5, 5.41) is 0. The average molecular weight is 284 g/mol. The van der Waals surface area contributed by atoms with Crippen molar-refractivity contribution in [1.29, 1.82) is 0 Å². The molecule has 0 N–H and O–H groups in total. The molecule has 5 nitrogen and oxygen atoms in total. The Morgan fingerprint density at radius 2 is 1.55 bits per heavy atom. The van der Waals surface area contributed by atoms with Crippen molar-refractivity contribution in [3.05, 3.63) is 0 Å². The van der Waals surface area contributed by atoms with Gasteiger partial charge in [-0.05, 0) is 46.5 Å². The molecule has 0 saturated heterocycles. The van der Waals surface area contributed by atoms with Gasteiger partial charge in [-0.1, -0.05) is 0 Å². The van der Waals surface area contributed by atoms with Crippen molar-refractivity contribution in [3.63, 3.8) is 0 Å². The first-order valence-corrected chi connectivity index (χ1v) is 7.24. The van der Waals surface area contributed by atoms with Crippen molar-refractivity contribution in [2.45, 2.75) is 65.6 Å². The van der Waals surface area contributed by atoms with E-state index in [1.54, 1.807) is 27.7 Å². The third-order valence-electron chi connectivity index (χ3n) is 3.20. The van der Waals surface area contributed by atoms with Crippen molar-refractivity contribution >= 4 is 17.7 Å². The minimum atomic E-state index is -0.982. The largest absolute Gasteiger partial charge is 0.462 e. The Hall–Kier alpha value is -1.39. The van der Waals surface area contributed by atoms with Crippen LogP contribution in [0.2, 0.25) is 0 Å². The van der Waals surface area contributed by atoms with Gasteiger partial charge in [0.25, 0.3) is 0 Å². The van der Waals surface area contributed by atoms with Gasteiger partial charge in [-0.15, -0.1) is 0 Å². The van der Waals surface area contributed by atoms with Gasteiger partial charge in [0.1, 0.15) is 5.78 Å². The second kappa shape index (κ2) is 7.41. The van der Waals surface area contributed by atoms with Crippen molar-refractivity contribution < 1.29 is 23.9 Å². The number of carbonyl (C=O) groups excluding carboxylic acids is 3. The van der Waals surface area contributed by atoms with Crippen molar-refractivity contribution in [2.75, 3.05) is 0 Å². The fourth-order valence-electron chi connectivity index (χ4n) is 2.43. The fraction of sp³-hybridized carbons (Fsp3) is 0.800. The Bertz CT molecular complexity index is 350. The molecule has 114 valence electrons. The first-order chi connectivity index (χ1) is 9.31. The number of ether oxygens (including phenoxy) is 2. The zero-order chi connectivity index (χ0) is 15.3. The second-order valence-electron chi connectivity index (χ2n) is 5.84. The molecular formula is C15H24O5. The molecule has 0 aromatic heterocycles. The minimum absolute atomic E-state index is 0.0981. The summed E-state index contributed by atoms with van der Waals surface area (Å²) in [7, 11) is 0. The monoisotopic (exact) mass is 284 g/mol. The molecule has 1 aliphatic rings. The number of hydrogen-bond donors (Lipinski definition) is 0. The number of ketones is 1. The Kier molecular flexibility index (Phi) is 6.17. The first kappa shape index (κ1) is 16.7. The van der Waals surface area contributed by atoms with Crippen LogP contribution in [0, 0.1) is 11.8 Å². The van der Waals surface area contributed by atoms with E-state index in [-0.39, 0.29) is 30.3 Å². The lowest BCUT2D eigenvalue weighted by atomic mass is 9.79. The summed E-state index contributed by atoms with van der Waals surface area (Å²) in [6, 6.07) is 0. The van der Waals surface area contributed by atoms with Crippen molar-refractivity contribution in [2.24, 2.45) is 11.8 Å². The Balaban J connectivity index is 2.85. The average Bonchev–Trinajstić information content (AvgIpc) is 2.26. The molecule has 0 amide bonds. The van der Waals surface area contributed by atoms with Crippen LogP contribution < -0.4 is 0 Å². The Morgan fingerprint density at radius 1 is 1.05 bits per heavy atom. The van der Waals surface area contributed by atoms with E-state index in [0.717, 1.165) is 0 Å². The van der Waals surface area contributed by atoms with Gasteiger partial charge in [0.2, 0.25) is 0 Å². The highest BCUT2D eigenvalue weighted by molar-refractivity contribution is 5.96. The van der Waals surface area contributed by atoms with E-state index in [1.165, 1.54) is 0 Å². The molecule has 0 unspecified atom stereocenters. The number of hydrogen-bond acceptors (Lipinski definition) is 5. The molecule has 1 rings (SSSR count). The van der Waals surface area contributed by atoms with E-state index < -0.39 is 17.9 Å². The van der Waals surface area contributed by atoms with E-state index in [1.807, 2.05) is 0 Å². The van der Waals surface area contributed by atoms with E-state index in [0.29, 0.717) is 19.3 Å². The zero-order valence-electron chi connectivity index (χ0n) is 12.7. The molecule has 1 saturated carbocycles. The van der Waals surface area contributed by atoms with Crippen LogP contribution in [-0.2, 0) is 23.9 Å². The normalized spacial score (nSPS) is 19.6. The lowest BCUT2D eigenvalue weighted by molar-refractivity contribution is -0.169. The molecule has 0 spiro atoms. The number of Topliss-reactive ketones (excluding diaryl/α,β-unsaturated/α-hetero) is 1. The Labute approximate surface area is 120 Å². The summed E-state index contributed by atoms with van der Waals surface area (Å²) in [6.45, 7) is 6.92. The number of rotatable bonds is 5. The fourth-order valence-corrected chi connectivity index (χ4v) is 2.43. The van der Waals surface area contributed by atoms with Gasteiger partial charge in [-0.2, -0.15) is 0 Å². The van der Waals surface area contributed by atoms with Crippen LogP contribution in [0.25, 0.3) is 0 Å². The predicted octanol–water partition coefficient (Wildman–Crippen LogP) is 2.27. The molecule has 0 aromatic rings. The van der Waals surface area contributed by atoms with Gasteiger partial charge in [0, 0.05) is 12.8 Å². The van der Waals surface area contributed by atoms with Gasteiger partial charge in [-0.25, -0.2) is 0 Å². The van der Waals surface area contributed by atoms with Gasteiger partial charge in [0.15, 0.2) is 5.92 Å². The molecular weight excluding hydrogens is 260 g/mol. The molecule has 20 heavy (non-hydrogen) atoms. The van der Waals surface area contributed by atoms with Crippen LogP contribution in [-0.4, -0.2) is 29.9 Å². The lowest BCUT2D eigenvalue weighted by Crippen LogP contribution is -2.38. The maximum absolute atomic E-state index is 12.1. The second-order valence-corrected chi connectivity index (χ2v) is 5.84. The lowest BCUT2D eigenvalue weighted by Gasteiger charge is -2.27. The summed E-state index contributed by atoms with van der Waals surface area (Å²) in [6.07, 6.45) is 1.58. The van der Waals surface area contributed by atoms with Gasteiger partial charge in [0.05, 0.1) is 12.2 Å². The first-order valence-electron chi connectivity index (χ1n) is 7.24. The van der Waals surface area contributed by atoms with Crippen molar-refractivity contribution in [1.82, 2.24) is 0 Å².